The van der Waals surface area contributed by atoms with Crippen LogP contribution in [0.15, 0.2) is 60.8 Å². The Labute approximate surface area is 177 Å². The fraction of sp³-hybridized carbons (Fsp3) is 0.360. The van der Waals surface area contributed by atoms with Crippen LogP contribution >= 0.6 is 0 Å². The summed E-state index contributed by atoms with van der Waals surface area (Å²) >= 11 is 0. The first-order chi connectivity index (χ1) is 14.6. The van der Waals surface area contributed by atoms with Crippen molar-refractivity contribution in [2.24, 2.45) is 5.41 Å². The summed E-state index contributed by atoms with van der Waals surface area (Å²) in [5.41, 5.74) is 2.28. The highest BCUT2D eigenvalue weighted by Gasteiger charge is 2.37. The van der Waals surface area contributed by atoms with Gasteiger partial charge in [0, 0.05) is 30.1 Å². The summed E-state index contributed by atoms with van der Waals surface area (Å²) in [7, 11) is 0. The number of hydrogen-bond acceptors (Lipinski definition) is 4. The molecule has 2 aromatic carbocycles. The number of rotatable bonds is 6. The molecule has 1 aliphatic heterocycles. The highest BCUT2D eigenvalue weighted by atomic mass is 16.5. The molecule has 0 bridgehead atoms. The molecule has 1 atom stereocenters. The Morgan fingerprint density at radius 2 is 2.03 bits per heavy atom. The van der Waals surface area contributed by atoms with Crippen molar-refractivity contribution in [3.8, 4) is 5.75 Å². The lowest BCUT2D eigenvalue weighted by Gasteiger charge is -2.42. The van der Waals surface area contributed by atoms with Crippen LogP contribution in [0, 0.1) is 12.3 Å². The third-order valence-electron chi connectivity index (χ3n) is 6.06. The van der Waals surface area contributed by atoms with Gasteiger partial charge >= 0.3 is 0 Å². The van der Waals surface area contributed by atoms with Gasteiger partial charge in [0.05, 0.1) is 24.3 Å². The van der Waals surface area contributed by atoms with Crippen LogP contribution in [0.1, 0.15) is 35.2 Å². The number of aromatic nitrogens is 1. The van der Waals surface area contributed by atoms with Crippen molar-refractivity contribution in [3.05, 3.63) is 71.9 Å². The van der Waals surface area contributed by atoms with E-state index in [1.165, 1.54) is 0 Å². The molecule has 5 nitrogen and oxygen atoms in total. The maximum atomic E-state index is 13.4. The highest BCUT2D eigenvalue weighted by Crippen LogP contribution is 2.34. The molecule has 3 aromatic rings. The Kier molecular flexibility index (Phi) is 6.00. The number of benzene rings is 2. The van der Waals surface area contributed by atoms with Gasteiger partial charge in [-0.3, -0.25) is 9.78 Å². The normalized spacial score (nSPS) is 19.1. The molecular formula is C25H28N2O3. The van der Waals surface area contributed by atoms with Crippen LogP contribution in [0.4, 0.5) is 0 Å². The Balaban J connectivity index is 1.49. The van der Waals surface area contributed by atoms with Gasteiger partial charge in [-0.25, -0.2) is 0 Å². The van der Waals surface area contributed by atoms with Crippen molar-refractivity contribution in [1.82, 2.24) is 9.88 Å². The zero-order chi connectivity index (χ0) is 21.0. The number of fused-ring (bicyclic) bond motifs is 1. The average Bonchev–Trinajstić information content (AvgIpc) is 2.79. The van der Waals surface area contributed by atoms with Crippen LogP contribution in [0.25, 0.3) is 10.9 Å². The predicted octanol–water partition coefficient (Wildman–Crippen LogP) is 4.23. The molecule has 1 aromatic heterocycles. The molecule has 2 heterocycles. The van der Waals surface area contributed by atoms with Gasteiger partial charge in [0.25, 0.3) is 5.91 Å². The zero-order valence-corrected chi connectivity index (χ0v) is 17.4. The van der Waals surface area contributed by atoms with Crippen molar-refractivity contribution < 1.29 is 14.6 Å². The van der Waals surface area contributed by atoms with Gasteiger partial charge < -0.3 is 14.7 Å². The number of carbonyl (C=O) groups excluding carboxylic acids is 1. The first-order valence-corrected chi connectivity index (χ1v) is 10.5. The van der Waals surface area contributed by atoms with E-state index in [4.69, 9.17) is 4.74 Å². The molecule has 0 saturated carbocycles. The summed E-state index contributed by atoms with van der Waals surface area (Å²) < 4.78 is 5.86. The highest BCUT2D eigenvalue weighted by molar-refractivity contribution is 6.06. The predicted molar refractivity (Wildman–Crippen MR) is 118 cm³/mol. The average molecular weight is 405 g/mol. The smallest absolute Gasteiger partial charge is 0.254 e. The molecule has 0 spiro atoms. The second kappa shape index (κ2) is 8.84. The lowest BCUT2D eigenvalue weighted by atomic mass is 9.78. The van der Waals surface area contributed by atoms with Crippen LogP contribution in [0.2, 0.25) is 0 Å². The maximum absolute atomic E-state index is 13.4. The molecule has 1 amide bonds. The SMILES string of the molecule is Cc1ccc2nccc(C(=O)N3CCCC(CO)(CCOc4ccccc4)C3)c2c1. The van der Waals surface area contributed by atoms with Crippen molar-refractivity contribution >= 4 is 16.8 Å². The van der Waals surface area contributed by atoms with Crippen molar-refractivity contribution in [1.29, 1.82) is 0 Å². The molecule has 0 radical (unpaired) electrons. The van der Waals surface area contributed by atoms with E-state index in [1.54, 1.807) is 12.3 Å². The number of nitrogens with zero attached hydrogens (tertiary/aromatic N) is 2. The Morgan fingerprint density at radius 3 is 2.83 bits per heavy atom. The fourth-order valence-corrected chi connectivity index (χ4v) is 4.31. The van der Waals surface area contributed by atoms with E-state index >= 15 is 0 Å². The van der Waals surface area contributed by atoms with Crippen LogP contribution in [0.3, 0.4) is 0 Å². The van der Waals surface area contributed by atoms with E-state index < -0.39 is 0 Å². The van der Waals surface area contributed by atoms with Crippen molar-refractivity contribution in [2.45, 2.75) is 26.2 Å². The largest absolute Gasteiger partial charge is 0.494 e. The molecular weight excluding hydrogens is 376 g/mol. The third-order valence-corrected chi connectivity index (χ3v) is 6.06. The molecule has 5 heteroatoms. The van der Waals surface area contributed by atoms with E-state index in [-0.39, 0.29) is 17.9 Å². The minimum absolute atomic E-state index is 0.00880. The number of hydrogen-bond donors (Lipinski definition) is 1. The number of aliphatic hydroxyl groups is 1. The monoisotopic (exact) mass is 404 g/mol. The summed E-state index contributed by atoms with van der Waals surface area (Å²) in [6.07, 6.45) is 4.17. The number of likely N-dealkylation sites (tertiary alicyclic amines) is 1. The number of piperidine rings is 1. The number of pyridine rings is 1. The second-order valence-corrected chi connectivity index (χ2v) is 8.28. The van der Waals surface area contributed by atoms with Gasteiger partial charge in [0.2, 0.25) is 0 Å². The molecule has 1 aliphatic rings. The lowest BCUT2D eigenvalue weighted by Crippen LogP contribution is -2.48. The summed E-state index contributed by atoms with van der Waals surface area (Å²) in [5, 5.41) is 11.1. The van der Waals surface area contributed by atoms with Crippen molar-refractivity contribution in [2.75, 3.05) is 26.3 Å². The summed E-state index contributed by atoms with van der Waals surface area (Å²) in [6.45, 7) is 3.83. The Morgan fingerprint density at radius 1 is 1.20 bits per heavy atom. The number of carbonyl (C=O) groups is 1. The summed E-state index contributed by atoms with van der Waals surface area (Å²) in [6, 6.07) is 17.5. The van der Waals surface area contributed by atoms with Gasteiger partial charge in [-0.1, -0.05) is 29.8 Å². The Bertz CT molecular complexity index is 1020. The number of amides is 1. The van der Waals surface area contributed by atoms with E-state index in [1.807, 2.05) is 60.4 Å². The van der Waals surface area contributed by atoms with Crippen LogP contribution in [0.5, 0.6) is 5.75 Å². The maximum Gasteiger partial charge on any atom is 0.254 e. The van der Waals surface area contributed by atoms with Gasteiger partial charge in [0.1, 0.15) is 5.75 Å². The molecule has 1 unspecified atom stereocenters. The van der Waals surface area contributed by atoms with Crippen LogP contribution < -0.4 is 4.74 Å². The molecule has 1 saturated heterocycles. The first kappa shape index (κ1) is 20.4. The molecule has 1 fully saturated rings. The summed E-state index contributed by atoms with van der Waals surface area (Å²) in [5.74, 6) is 0.836. The number of para-hydroxylation sites is 1. The van der Waals surface area contributed by atoms with E-state index in [0.717, 1.165) is 35.1 Å². The number of aliphatic hydroxyl groups excluding tert-OH is 1. The van der Waals surface area contributed by atoms with Crippen LogP contribution in [-0.4, -0.2) is 47.2 Å². The minimum atomic E-state index is -0.332. The topological polar surface area (TPSA) is 62.7 Å². The molecule has 0 aliphatic carbocycles. The van der Waals surface area contributed by atoms with E-state index in [0.29, 0.717) is 31.7 Å². The lowest BCUT2D eigenvalue weighted by molar-refractivity contribution is 0.0157. The fourth-order valence-electron chi connectivity index (χ4n) is 4.31. The third kappa shape index (κ3) is 4.31. The molecule has 1 N–H and O–H groups in total. The molecule has 156 valence electrons. The van der Waals surface area contributed by atoms with Gasteiger partial charge in [-0.15, -0.1) is 0 Å². The number of ether oxygens (including phenoxy) is 1. The van der Waals surface area contributed by atoms with Gasteiger partial charge in [0.15, 0.2) is 0 Å². The van der Waals surface area contributed by atoms with Crippen molar-refractivity contribution in [3.63, 3.8) is 0 Å². The summed E-state index contributed by atoms with van der Waals surface area (Å²) in [4.78, 5) is 19.7. The zero-order valence-electron chi connectivity index (χ0n) is 17.4. The molecule has 30 heavy (non-hydrogen) atoms. The van der Waals surface area contributed by atoms with E-state index in [9.17, 15) is 9.90 Å². The Hall–Kier alpha value is -2.92. The van der Waals surface area contributed by atoms with Gasteiger partial charge in [-0.05, 0) is 56.5 Å². The first-order valence-electron chi connectivity index (χ1n) is 10.5. The van der Waals surface area contributed by atoms with Crippen LogP contribution in [-0.2, 0) is 0 Å². The number of aryl methyl sites for hydroxylation is 1. The van der Waals surface area contributed by atoms with Gasteiger partial charge in [-0.2, -0.15) is 0 Å². The van der Waals surface area contributed by atoms with E-state index in [2.05, 4.69) is 4.98 Å². The quantitative estimate of drug-likeness (QED) is 0.668. The standard InChI is InChI=1S/C25H28N2O3/c1-19-8-9-23-22(16-19)21(10-13-26-23)24(29)27-14-5-11-25(17-27,18-28)12-15-30-20-6-3-2-4-7-20/h2-4,6-10,13,16,28H,5,11-12,14-15,17-18H2,1H3. The molecule has 4 rings (SSSR count). The second-order valence-electron chi connectivity index (χ2n) is 8.28. The minimum Gasteiger partial charge on any atom is -0.494 e.